The second kappa shape index (κ2) is 3.38. The van der Waals surface area contributed by atoms with Gasteiger partial charge in [0.15, 0.2) is 0 Å². The summed E-state index contributed by atoms with van der Waals surface area (Å²) in [6.07, 6.45) is 0. The lowest BCUT2D eigenvalue weighted by molar-refractivity contribution is -0.153. The number of rotatable bonds is 0. The van der Waals surface area contributed by atoms with Crippen LogP contribution >= 0.6 is 0 Å². The first kappa shape index (κ1) is 9.71. The number of ether oxygens (including phenoxy) is 1. The van der Waals surface area contributed by atoms with Gasteiger partial charge in [0.1, 0.15) is 6.61 Å². The minimum Gasteiger partial charge on any atom is -0.454 e. The molecule has 4 heteroatoms. The third kappa shape index (κ3) is 1.70. The van der Waals surface area contributed by atoms with Crippen LogP contribution in [-0.4, -0.2) is 11.9 Å². The molecule has 1 aromatic carbocycles. The number of amides is 1. The molecule has 0 aliphatic carbocycles. The van der Waals surface area contributed by atoms with E-state index in [4.69, 9.17) is 4.74 Å². The van der Waals surface area contributed by atoms with Gasteiger partial charge in [-0.15, -0.1) is 0 Å². The Bertz CT molecular complexity index is 451. The molecule has 0 bridgehead atoms. The van der Waals surface area contributed by atoms with Gasteiger partial charge < -0.3 is 10.1 Å². The third-order valence-electron chi connectivity index (χ3n) is 2.40. The lowest BCUT2D eigenvalue weighted by Crippen LogP contribution is -2.22. The average molecular weight is 205 g/mol. The molecule has 0 fully saturated rings. The standard InChI is InChI=1S/C11H11NO3/c1-6-3-7(2)8-5-15-11(14)10(13)12-9(8)4-6/h3-4H,5H2,1-2H3,(H,12,13). The van der Waals surface area contributed by atoms with E-state index in [-0.39, 0.29) is 6.61 Å². The van der Waals surface area contributed by atoms with Crippen molar-refractivity contribution in [3.8, 4) is 0 Å². The molecule has 0 aromatic heterocycles. The van der Waals surface area contributed by atoms with E-state index in [1.54, 1.807) is 0 Å². The van der Waals surface area contributed by atoms with Gasteiger partial charge in [-0.3, -0.25) is 4.79 Å². The van der Waals surface area contributed by atoms with Gasteiger partial charge in [0.25, 0.3) is 0 Å². The summed E-state index contributed by atoms with van der Waals surface area (Å²) >= 11 is 0. The molecule has 1 aliphatic heterocycles. The molecule has 1 heterocycles. The van der Waals surface area contributed by atoms with Crippen molar-refractivity contribution in [2.24, 2.45) is 0 Å². The van der Waals surface area contributed by atoms with Gasteiger partial charge >= 0.3 is 11.9 Å². The highest BCUT2D eigenvalue weighted by Crippen LogP contribution is 2.24. The molecule has 0 radical (unpaired) electrons. The first-order valence-corrected chi connectivity index (χ1v) is 4.66. The van der Waals surface area contributed by atoms with Crippen molar-refractivity contribution in [2.75, 3.05) is 5.32 Å². The largest absolute Gasteiger partial charge is 0.454 e. The van der Waals surface area contributed by atoms with Crippen LogP contribution < -0.4 is 5.32 Å². The molecular weight excluding hydrogens is 194 g/mol. The molecule has 15 heavy (non-hydrogen) atoms. The van der Waals surface area contributed by atoms with Crippen LogP contribution in [0.15, 0.2) is 12.1 Å². The first-order valence-electron chi connectivity index (χ1n) is 4.66. The zero-order valence-electron chi connectivity index (χ0n) is 8.59. The highest BCUT2D eigenvalue weighted by Gasteiger charge is 2.22. The molecular formula is C11H11NO3. The molecule has 1 amide bonds. The van der Waals surface area contributed by atoms with E-state index in [1.165, 1.54) is 0 Å². The normalized spacial score (nSPS) is 15.1. The Morgan fingerprint density at radius 2 is 2.00 bits per heavy atom. The van der Waals surface area contributed by atoms with Crippen molar-refractivity contribution in [2.45, 2.75) is 20.5 Å². The van der Waals surface area contributed by atoms with Gasteiger partial charge in [-0.1, -0.05) is 6.07 Å². The van der Waals surface area contributed by atoms with Crippen LogP contribution in [0.4, 0.5) is 5.69 Å². The smallest absolute Gasteiger partial charge is 0.397 e. The number of benzene rings is 1. The van der Waals surface area contributed by atoms with Gasteiger partial charge in [0.2, 0.25) is 0 Å². The molecule has 4 nitrogen and oxygen atoms in total. The van der Waals surface area contributed by atoms with E-state index >= 15 is 0 Å². The van der Waals surface area contributed by atoms with E-state index in [0.29, 0.717) is 5.69 Å². The molecule has 2 rings (SSSR count). The maximum absolute atomic E-state index is 11.2. The second-order valence-electron chi connectivity index (χ2n) is 3.64. The number of fused-ring (bicyclic) bond motifs is 1. The maximum atomic E-state index is 11.2. The molecule has 78 valence electrons. The van der Waals surface area contributed by atoms with Crippen LogP contribution in [0.25, 0.3) is 0 Å². The number of cyclic esters (lactones) is 1. The van der Waals surface area contributed by atoms with E-state index in [1.807, 2.05) is 26.0 Å². The Morgan fingerprint density at radius 1 is 1.27 bits per heavy atom. The summed E-state index contributed by atoms with van der Waals surface area (Å²) in [7, 11) is 0. The van der Waals surface area contributed by atoms with Crippen LogP contribution in [0.1, 0.15) is 16.7 Å². The van der Waals surface area contributed by atoms with Crippen LogP contribution in [0.2, 0.25) is 0 Å². The quantitative estimate of drug-likeness (QED) is 0.513. The number of nitrogens with one attached hydrogen (secondary N) is 1. The maximum Gasteiger partial charge on any atom is 0.397 e. The summed E-state index contributed by atoms with van der Waals surface area (Å²) in [5.41, 5.74) is 3.59. The fraction of sp³-hybridized carbons (Fsp3) is 0.273. The van der Waals surface area contributed by atoms with Gasteiger partial charge in [0.05, 0.1) is 0 Å². The molecule has 0 unspecified atom stereocenters. The SMILES string of the molecule is Cc1cc(C)c2c(c1)NC(=O)C(=O)OC2. The Morgan fingerprint density at radius 3 is 2.73 bits per heavy atom. The highest BCUT2D eigenvalue weighted by molar-refractivity contribution is 6.37. The number of carbonyl (C=O) groups excluding carboxylic acids is 2. The highest BCUT2D eigenvalue weighted by atomic mass is 16.5. The number of aryl methyl sites for hydroxylation is 2. The third-order valence-corrected chi connectivity index (χ3v) is 2.40. The summed E-state index contributed by atoms with van der Waals surface area (Å²) in [6, 6.07) is 3.83. The Hall–Kier alpha value is -1.84. The number of hydrogen-bond donors (Lipinski definition) is 1. The lowest BCUT2D eigenvalue weighted by atomic mass is 10.0. The van der Waals surface area contributed by atoms with Crippen molar-refractivity contribution >= 4 is 17.6 Å². The minimum absolute atomic E-state index is 0.152. The number of anilines is 1. The number of carbonyl (C=O) groups is 2. The predicted octanol–water partition coefficient (Wildman–Crippen LogP) is 1.30. The van der Waals surface area contributed by atoms with Gasteiger partial charge in [-0.2, -0.15) is 0 Å². The van der Waals surface area contributed by atoms with Crippen molar-refractivity contribution in [3.05, 3.63) is 28.8 Å². The lowest BCUT2D eigenvalue weighted by Gasteiger charge is -2.09. The predicted molar refractivity (Wildman–Crippen MR) is 54.3 cm³/mol. The second-order valence-corrected chi connectivity index (χ2v) is 3.64. The summed E-state index contributed by atoms with van der Waals surface area (Å²) < 4.78 is 4.81. The van der Waals surface area contributed by atoms with Crippen LogP contribution in [-0.2, 0) is 20.9 Å². The van der Waals surface area contributed by atoms with Crippen molar-refractivity contribution in [3.63, 3.8) is 0 Å². The van der Waals surface area contributed by atoms with Crippen molar-refractivity contribution in [1.82, 2.24) is 0 Å². The van der Waals surface area contributed by atoms with E-state index < -0.39 is 11.9 Å². The summed E-state index contributed by atoms with van der Waals surface area (Å²) in [5, 5.41) is 2.54. The summed E-state index contributed by atoms with van der Waals surface area (Å²) in [5.74, 6) is -1.54. The topological polar surface area (TPSA) is 55.4 Å². The van der Waals surface area contributed by atoms with Crippen LogP contribution in [0, 0.1) is 13.8 Å². The van der Waals surface area contributed by atoms with Gasteiger partial charge in [0, 0.05) is 11.3 Å². The summed E-state index contributed by atoms with van der Waals surface area (Å²) in [4.78, 5) is 22.3. The zero-order valence-corrected chi connectivity index (χ0v) is 8.59. The molecule has 1 aromatic rings. The molecule has 0 saturated carbocycles. The molecule has 1 aliphatic rings. The van der Waals surface area contributed by atoms with E-state index in [2.05, 4.69) is 5.32 Å². The Kier molecular flexibility index (Phi) is 2.19. The molecule has 0 atom stereocenters. The zero-order chi connectivity index (χ0) is 11.0. The monoisotopic (exact) mass is 205 g/mol. The van der Waals surface area contributed by atoms with Crippen LogP contribution in [0.3, 0.4) is 0 Å². The fourth-order valence-corrected chi connectivity index (χ4v) is 1.68. The van der Waals surface area contributed by atoms with Crippen molar-refractivity contribution in [1.29, 1.82) is 0 Å². The van der Waals surface area contributed by atoms with Gasteiger partial charge in [-0.25, -0.2) is 4.79 Å². The van der Waals surface area contributed by atoms with E-state index in [0.717, 1.165) is 16.7 Å². The fourth-order valence-electron chi connectivity index (χ4n) is 1.68. The number of hydrogen-bond acceptors (Lipinski definition) is 3. The Labute approximate surface area is 87.2 Å². The van der Waals surface area contributed by atoms with Crippen molar-refractivity contribution < 1.29 is 14.3 Å². The van der Waals surface area contributed by atoms with Gasteiger partial charge in [-0.05, 0) is 31.0 Å². The summed E-state index contributed by atoms with van der Waals surface area (Å²) in [6.45, 7) is 4.02. The Balaban J connectivity index is 2.51. The average Bonchev–Trinajstić information content (AvgIpc) is 2.27. The molecule has 0 saturated heterocycles. The minimum atomic E-state index is -0.830. The molecule has 1 N–H and O–H groups in total. The molecule has 0 spiro atoms. The van der Waals surface area contributed by atoms with Crippen LogP contribution in [0.5, 0.6) is 0 Å². The number of esters is 1. The first-order chi connectivity index (χ1) is 7.08. The van der Waals surface area contributed by atoms with E-state index in [9.17, 15) is 9.59 Å².